The molecule has 66 valence electrons. The molecule has 0 radical (unpaired) electrons. The fraction of sp³-hybridized carbons (Fsp3) is 0.375. The van der Waals surface area contributed by atoms with E-state index in [1.54, 1.807) is 25.4 Å². The number of nitrogens with zero attached hydrogens (tertiary/aromatic N) is 1. The van der Waals surface area contributed by atoms with Gasteiger partial charge in [0.2, 0.25) is 0 Å². The van der Waals surface area contributed by atoms with Gasteiger partial charge in [0.15, 0.2) is 0 Å². The van der Waals surface area contributed by atoms with E-state index >= 15 is 0 Å². The van der Waals surface area contributed by atoms with Crippen LogP contribution in [-0.2, 0) is 0 Å². The van der Waals surface area contributed by atoms with Crippen molar-refractivity contribution in [2.45, 2.75) is 19.1 Å². The zero-order valence-corrected chi connectivity index (χ0v) is 8.32. The highest BCUT2D eigenvalue weighted by molar-refractivity contribution is 9.10. The topological polar surface area (TPSA) is 59.1 Å². The Hall–Kier alpha value is -0.450. The summed E-state index contributed by atoms with van der Waals surface area (Å²) in [6.07, 6.45) is 2.77. The van der Waals surface area contributed by atoms with Crippen LogP contribution in [0.4, 0.5) is 0 Å². The van der Waals surface area contributed by atoms with E-state index in [-0.39, 0.29) is 6.04 Å². The molecule has 0 saturated carbocycles. The predicted octanol–water partition coefficient (Wildman–Crippen LogP) is 1.22. The molecule has 0 unspecified atom stereocenters. The second-order valence-electron chi connectivity index (χ2n) is 2.66. The lowest BCUT2D eigenvalue weighted by Crippen LogP contribution is -2.23. The van der Waals surface area contributed by atoms with Crippen LogP contribution in [0.15, 0.2) is 22.9 Å². The number of halogens is 1. The maximum absolute atomic E-state index is 9.23. The predicted molar refractivity (Wildman–Crippen MR) is 50.5 cm³/mol. The zero-order chi connectivity index (χ0) is 9.14. The van der Waals surface area contributed by atoms with Crippen molar-refractivity contribution in [3.05, 3.63) is 28.5 Å². The summed E-state index contributed by atoms with van der Waals surface area (Å²) in [6, 6.07) is 1.43. The van der Waals surface area contributed by atoms with E-state index in [0.29, 0.717) is 0 Å². The summed E-state index contributed by atoms with van der Waals surface area (Å²) in [6.45, 7) is 1.66. The molecule has 0 aromatic carbocycles. The summed E-state index contributed by atoms with van der Waals surface area (Å²) >= 11 is 3.31. The van der Waals surface area contributed by atoms with Crippen LogP contribution in [0.3, 0.4) is 0 Å². The number of aliphatic hydroxyl groups is 1. The summed E-state index contributed by atoms with van der Waals surface area (Å²) in [4.78, 5) is 3.90. The van der Waals surface area contributed by atoms with Crippen molar-refractivity contribution < 1.29 is 5.11 Å². The molecule has 0 bridgehead atoms. The molecule has 1 aromatic heterocycles. The Morgan fingerprint density at radius 1 is 1.67 bits per heavy atom. The lowest BCUT2D eigenvalue weighted by Gasteiger charge is -2.15. The normalized spacial score (nSPS) is 15.7. The number of nitrogens with two attached hydrogens (primary N) is 1. The van der Waals surface area contributed by atoms with Gasteiger partial charge in [0, 0.05) is 16.9 Å². The van der Waals surface area contributed by atoms with Gasteiger partial charge in [-0.05, 0) is 34.5 Å². The molecule has 3 N–H and O–H groups in total. The highest BCUT2D eigenvalue weighted by Gasteiger charge is 2.14. The van der Waals surface area contributed by atoms with Crippen molar-refractivity contribution in [1.29, 1.82) is 0 Å². The van der Waals surface area contributed by atoms with Crippen molar-refractivity contribution >= 4 is 15.9 Å². The molecule has 0 saturated heterocycles. The van der Waals surface area contributed by atoms with Crippen molar-refractivity contribution in [2.75, 3.05) is 0 Å². The Labute approximate surface area is 79.7 Å². The molecule has 1 aromatic rings. The Balaban J connectivity index is 2.94. The standard InChI is InChI=1S/C8H11BrN2O/c1-5(12)8(10)6-2-3-11-4-7(6)9/h2-5,8,12H,10H2,1H3/t5-,8+/m0/s1. The molecule has 12 heavy (non-hydrogen) atoms. The van der Waals surface area contributed by atoms with Gasteiger partial charge in [-0.15, -0.1) is 0 Å². The number of hydrogen-bond acceptors (Lipinski definition) is 3. The van der Waals surface area contributed by atoms with Crippen molar-refractivity contribution in [1.82, 2.24) is 4.98 Å². The lowest BCUT2D eigenvalue weighted by molar-refractivity contribution is 0.164. The van der Waals surface area contributed by atoms with E-state index in [4.69, 9.17) is 5.73 Å². The van der Waals surface area contributed by atoms with E-state index in [2.05, 4.69) is 20.9 Å². The van der Waals surface area contributed by atoms with E-state index < -0.39 is 6.10 Å². The molecular weight excluding hydrogens is 220 g/mol. The quantitative estimate of drug-likeness (QED) is 0.804. The van der Waals surface area contributed by atoms with Gasteiger partial charge in [0.25, 0.3) is 0 Å². The van der Waals surface area contributed by atoms with Crippen LogP contribution in [0.25, 0.3) is 0 Å². The molecule has 0 aliphatic carbocycles. The number of aliphatic hydroxyl groups excluding tert-OH is 1. The van der Waals surface area contributed by atoms with Gasteiger partial charge in [0.05, 0.1) is 12.1 Å². The molecule has 3 nitrogen and oxygen atoms in total. The van der Waals surface area contributed by atoms with E-state index in [1.807, 2.05) is 0 Å². The molecule has 0 aliphatic rings. The van der Waals surface area contributed by atoms with Crippen molar-refractivity contribution in [3.8, 4) is 0 Å². The third kappa shape index (κ3) is 2.03. The number of rotatable bonds is 2. The molecular formula is C8H11BrN2O. The molecule has 4 heteroatoms. The van der Waals surface area contributed by atoms with Crippen LogP contribution >= 0.6 is 15.9 Å². The highest BCUT2D eigenvalue weighted by atomic mass is 79.9. The molecule has 0 aliphatic heterocycles. The van der Waals surface area contributed by atoms with E-state index in [9.17, 15) is 5.11 Å². The minimum absolute atomic E-state index is 0.359. The number of aromatic nitrogens is 1. The van der Waals surface area contributed by atoms with Crippen molar-refractivity contribution in [3.63, 3.8) is 0 Å². The van der Waals surface area contributed by atoms with Gasteiger partial charge in [-0.25, -0.2) is 0 Å². The summed E-state index contributed by atoms with van der Waals surface area (Å²) in [5.74, 6) is 0. The number of pyridine rings is 1. The molecule has 1 heterocycles. The van der Waals surface area contributed by atoms with Gasteiger partial charge < -0.3 is 10.8 Å². The van der Waals surface area contributed by atoms with Gasteiger partial charge in [-0.1, -0.05) is 0 Å². The maximum atomic E-state index is 9.23. The second-order valence-corrected chi connectivity index (χ2v) is 3.52. The highest BCUT2D eigenvalue weighted by Crippen LogP contribution is 2.22. The first-order valence-electron chi connectivity index (χ1n) is 3.66. The molecule has 0 spiro atoms. The average Bonchev–Trinajstić information content (AvgIpc) is 2.04. The summed E-state index contributed by atoms with van der Waals surface area (Å²) in [7, 11) is 0. The Kier molecular flexibility index (Phi) is 3.20. The molecule has 2 atom stereocenters. The van der Waals surface area contributed by atoms with Gasteiger partial charge >= 0.3 is 0 Å². The van der Waals surface area contributed by atoms with Crippen LogP contribution in [0.2, 0.25) is 0 Å². The first-order chi connectivity index (χ1) is 5.63. The zero-order valence-electron chi connectivity index (χ0n) is 6.74. The Morgan fingerprint density at radius 3 is 2.83 bits per heavy atom. The third-order valence-corrected chi connectivity index (χ3v) is 2.35. The monoisotopic (exact) mass is 230 g/mol. The average molecular weight is 231 g/mol. The van der Waals surface area contributed by atoms with E-state index in [1.165, 1.54) is 0 Å². The van der Waals surface area contributed by atoms with Gasteiger partial charge in [-0.3, -0.25) is 4.98 Å². The SMILES string of the molecule is C[C@H](O)[C@@H](N)c1ccncc1Br. The van der Waals surface area contributed by atoms with Crippen LogP contribution < -0.4 is 5.73 Å². The molecule has 1 rings (SSSR count). The van der Waals surface area contributed by atoms with Gasteiger partial charge in [0.1, 0.15) is 0 Å². The smallest absolute Gasteiger partial charge is 0.0705 e. The van der Waals surface area contributed by atoms with Crippen LogP contribution in [0, 0.1) is 0 Å². The Bertz CT molecular complexity index is 265. The molecule has 0 amide bonds. The van der Waals surface area contributed by atoms with Crippen LogP contribution in [-0.4, -0.2) is 16.2 Å². The van der Waals surface area contributed by atoms with Crippen molar-refractivity contribution in [2.24, 2.45) is 5.73 Å². The first kappa shape index (κ1) is 9.64. The van der Waals surface area contributed by atoms with Crippen LogP contribution in [0.5, 0.6) is 0 Å². The Morgan fingerprint density at radius 2 is 2.33 bits per heavy atom. The summed E-state index contributed by atoms with van der Waals surface area (Å²) in [5, 5.41) is 9.23. The largest absolute Gasteiger partial charge is 0.391 e. The van der Waals surface area contributed by atoms with E-state index in [0.717, 1.165) is 10.0 Å². The lowest BCUT2D eigenvalue weighted by atomic mass is 10.1. The third-order valence-electron chi connectivity index (χ3n) is 1.68. The summed E-state index contributed by atoms with van der Waals surface area (Å²) in [5.41, 5.74) is 6.61. The second kappa shape index (κ2) is 3.98. The van der Waals surface area contributed by atoms with Crippen LogP contribution in [0.1, 0.15) is 18.5 Å². The van der Waals surface area contributed by atoms with Gasteiger partial charge in [-0.2, -0.15) is 0 Å². The molecule has 0 fully saturated rings. The maximum Gasteiger partial charge on any atom is 0.0705 e. The fourth-order valence-electron chi connectivity index (χ4n) is 0.916. The summed E-state index contributed by atoms with van der Waals surface area (Å²) < 4.78 is 0.832. The fourth-order valence-corrected chi connectivity index (χ4v) is 1.43. The first-order valence-corrected chi connectivity index (χ1v) is 4.45. The minimum Gasteiger partial charge on any atom is -0.391 e. The number of hydrogen-bond donors (Lipinski definition) is 2. The minimum atomic E-state index is -0.552.